The number of anilines is 1. The Kier molecular flexibility index (Phi) is 5.95. The number of pyridine rings is 1. The minimum atomic E-state index is -3.51. The van der Waals surface area contributed by atoms with Gasteiger partial charge in [-0.1, -0.05) is 31.2 Å². The molecule has 0 saturated heterocycles. The molecule has 0 unspecified atom stereocenters. The fraction of sp³-hybridized carbons (Fsp3) is 0.240. The van der Waals surface area contributed by atoms with Crippen molar-refractivity contribution in [1.29, 1.82) is 0 Å². The number of carbonyl (C=O) groups excluding carboxylic acids is 1. The fourth-order valence-electron chi connectivity index (χ4n) is 3.56. The predicted molar refractivity (Wildman–Crippen MR) is 120 cm³/mol. The molecule has 9 heteroatoms. The lowest BCUT2D eigenvalue weighted by Crippen LogP contribution is -2.25. The Bertz CT molecular complexity index is 1260. The zero-order valence-corrected chi connectivity index (χ0v) is 18.5. The number of aromatic nitrogens is 1. The molecule has 34 heavy (non-hydrogen) atoms. The number of alkyl halides is 2. The van der Waals surface area contributed by atoms with Crippen LogP contribution in [0.3, 0.4) is 0 Å². The number of nitrogens with zero attached hydrogens (tertiary/aromatic N) is 1. The van der Waals surface area contributed by atoms with E-state index in [1.165, 1.54) is 6.07 Å². The minimum Gasteiger partial charge on any atom is -0.478 e. The number of aryl methyl sites for hydroxylation is 1. The number of carboxylic acids is 1. The molecule has 1 aliphatic heterocycles. The van der Waals surface area contributed by atoms with Crippen LogP contribution in [0.2, 0.25) is 0 Å². The lowest BCUT2D eigenvalue weighted by atomic mass is 9.98. The molecular weight excluding hydrogens is 446 g/mol. The van der Waals surface area contributed by atoms with Gasteiger partial charge in [0.05, 0.1) is 11.3 Å². The Labute approximate surface area is 194 Å². The number of benzene rings is 2. The zero-order chi connectivity index (χ0) is 24.5. The van der Waals surface area contributed by atoms with Gasteiger partial charge in [0, 0.05) is 5.56 Å². The summed E-state index contributed by atoms with van der Waals surface area (Å²) in [5, 5.41) is 11.5. The van der Waals surface area contributed by atoms with Crippen molar-refractivity contribution in [3.8, 4) is 22.8 Å². The number of hydrogen-bond donors (Lipinski definition) is 2. The second kappa shape index (κ2) is 8.74. The Morgan fingerprint density at radius 2 is 1.82 bits per heavy atom. The molecule has 1 aliphatic carbocycles. The van der Waals surface area contributed by atoms with Crippen LogP contribution >= 0.6 is 0 Å². The predicted octanol–water partition coefficient (Wildman–Crippen LogP) is 5.38. The van der Waals surface area contributed by atoms with Gasteiger partial charge in [0.2, 0.25) is 6.41 Å². The van der Waals surface area contributed by atoms with Gasteiger partial charge in [-0.05, 0) is 66.6 Å². The topological polar surface area (TPSA) is 97.8 Å². The molecule has 1 saturated carbocycles. The molecule has 2 heterocycles. The van der Waals surface area contributed by atoms with E-state index in [-0.39, 0.29) is 22.5 Å². The van der Waals surface area contributed by atoms with Gasteiger partial charge in [0.15, 0.2) is 11.5 Å². The molecular formula is C25H22F2N2O5. The highest BCUT2D eigenvalue weighted by atomic mass is 19.3. The van der Waals surface area contributed by atoms with E-state index in [9.17, 15) is 18.4 Å². The van der Waals surface area contributed by atoms with E-state index in [1.54, 1.807) is 36.4 Å². The first kappa shape index (κ1) is 23.2. The molecule has 1 fully saturated rings. The van der Waals surface area contributed by atoms with Crippen LogP contribution in [0.15, 0.2) is 54.6 Å². The largest absolute Gasteiger partial charge is 0.586 e. The van der Waals surface area contributed by atoms with E-state index >= 15 is 0 Å². The van der Waals surface area contributed by atoms with Crippen LogP contribution in [0.25, 0.3) is 11.3 Å². The van der Waals surface area contributed by atoms with Crippen molar-refractivity contribution in [2.75, 3.05) is 5.32 Å². The number of halogens is 2. The SMILES string of the molecule is CC1(c2ccc3c(c2)OC(F)(F)O3)CC1.Cc1ccc(NC=O)nc1-c1cccc(C(=O)O)c1. The van der Waals surface area contributed by atoms with Crippen molar-refractivity contribution in [1.82, 2.24) is 4.98 Å². The van der Waals surface area contributed by atoms with Crippen LogP contribution in [0.4, 0.5) is 14.6 Å². The highest BCUT2D eigenvalue weighted by Crippen LogP contribution is 2.51. The van der Waals surface area contributed by atoms with Crippen LogP contribution in [0, 0.1) is 6.92 Å². The number of carboxylic acid groups (broad SMARTS) is 1. The molecule has 0 atom stereocenters. The van der Waals surface area contributed by atoms with Crippen LogP contribution in [0.1, 0.15) is 41.3 Å². The summed E-state index contributed by atoms with van der Waals surface area (Å²) in [6.45, 7) is 3.99. The Hall–Kier alpha value is -4.01. The third-order valence-corrected chi connectivity index (χ3v) is 5.78. The number of rotatable bonds is 5. The van der Waals surface area contributed by atoms with Crippen molar-refractivity contribution in [2.24, 2.45) is 0 Å². The average Bonchev–Trinajstić information content (AvgIpc) is 3.46. The smallest absolute Gasteiger partial charge is 0.478 e. The summed E-state index contributed by atoms with van der Waals surface area (Å²) >= 11 is 0. The highest BCUT2D eigenvalue weighted by molar-refractivity contribution is 5.89. The van der Waals surface area contributed by atoms with Crippen molar-refractivity contribution in [2.45, 2.75) is 38.4 Å². The second-order valence-corrected chi connectivity index (χ2v) is 8.40. The van der Waals surface area contributed by atoms with E-state index in [4.69, 9.17) is 5.11 Å². The first-order valence-electron chi connectivity index (χ1n) is 10.5. The lowest BCUT2D eigenvalue weighted by molar-refractivity contribution is -0.286. The van der Waals surface area contributed by atoms with Gasteiger partial charge in [-0.2, -0.15) is 0 Å². The molecule has 5 rings (SSSR count). The number of amides is 1. The number of carbonyl (C=O) groups is 2. The van der Waals surface area contributed by atoms with Crippen LogP contribution in [-0.4, -0.2) is 28.8 Å². The first-order valence-corrected chi connectivity index (χ1v) is 10.5. The van der Waals surface area contributed by atoms with Gasteiger partial charge in [-0.15, -0.1) is 8.78 Å². The van der Waals surface area contributed by atoms with Gasteiger partial charge in [0.1, 0.15) is 5.82 Å². The van der Waals surface area contributed by atoms with E-state index in [0.717, 1.165) is 24.0 Å². The van der Waals surface area contributed by atoms with Gasteiger partial charge in [-0.3, -0.25) is 4.79 Å². The first-order chi connectivity index (χ1) is 16.1. The Balaban J connectivity index is 0.000000165. The maximum absolute atomic E-state index is 12.7. The Morgan fingerprint density at radius 3 is 2.50 bits per heavy atom. The van der Waals surface area contributed by atoms with Crippen LogP contribution in [0.5, 0.6) is 11.5 Å². The zero-order valence-electron chi connectivity index (χ0n) is 18.5. The maximum atomic E-state index is 12.7. The van der Waals surface area contributed by atoms with Gasteiger partial charge < -0.3 is 19.9 Å². The number of nitrogens with one attached hydrogen (secondary N) is 1. The van der Waals surface area contributed by atoms with Gasteiger partial charge in [0.25, 0.3) is 0 Å². The molecule has 0 radical (unpaired) electrons. The van der Waals surface area contributed by atoms with E-state index < -0.39 is 12.3 Å². The quantitative estimate of drug-likeness (QED) is 0.488. The average molecular weight is 468 g/mol. The molecule has 1 amide bonds. The Morgan fingerprint density at radius 1 is 1.09 bits per heavy atom. The molecule has 7 nitrogen and oxygen atoms in total. The third-order valence-electron chi connectivity index (χ3n) is 5.78. The van der Waals surface area contributed by atoms with E-state index in [1.807, 2.05) is 19.1 Å². The maximum Gasteiger partial charge on any atom is 0.586 e. The fourth-order valence-corrected chi connectivity index (χ4v) is 3.56. The second-order valence-electron chi connectivity index (χ2n) is 8.40. The normalized spacial score (nSPS) is 16.1. The van der Waals surface area contributed by atoms with Gasteiger partial charge in [-0.25, -0.2) is 9.78 Å². The molecule has 0 bridgehead atoms. The summed E-state index contributed by atoms with van der Waals surface area (Å²) in [5.41, 5.74) is 3.65. The van der Waals surface area contributed by atoms with Crippen LogP contribution < -0.4 is 14.8 Å². The van der Waals surface area contributed by atoms with Crippen LogP contribution in [-0.2, 0) is 10.2 Å². The highest BCUT2D eigenvalue weighted by Gasteiger charge is 2.45. The summed E-state index contributed by atoms with van der Waals surface area (Å²) in [5.74, 6) is -0.295. The van der Waals surface area contributed by atoms with Crippen molar-refractivity contribution < 1.29 is 33.0 Å². The number of hydrogen-bond acceptors (Lipinski definition) is 5. The molecule has 2 N–H and O–H groups in total. The van der Waals surface area contributed by atoms with E-state index in [2.05, 4.69) is 26.7 Å². The summed E-state index contributed by atoms with van der Waals surface area (Å²) in [7, 11) is 0. The van der Waals surface area contributed by atoms with Gasteiger partial charge >= 0.3 is 12.3 Å². The molecule has 2 aromatic carbocycles. The summed E-state index contributed by atoms with van der Waals surface area (Å²) in [6, 6.07) is 15.1. The summed E-state index contributed by atoms with van der Waals surface area (Å²) < 4.78 is 34.2. The monoisotopic (exact) mass is 468 g/mol. The molecule has 3 aromatic rings. The van der Waals surface area contributed by atoms with E-state index in [0.29, 0.717) is 23.5 Å². The molecule has 176 valence electrons. The molecule has 2 aliphatic rings. The molecule has 1 aromatic heterocycles. The number of fused-ring (bicyclic) bond motifs is 1. The lowest BCUT2D eigenvalue weighted by Gasteiger charge is -2.08. The standard InChI is InChI=1S/C14H12N2O3.C11H10F2O2/c1-9-5-6-12(15-8-17)16-13(9)10-3-2-4-11(7-10)14(18)19;1-10(4-5-10)7-2-3-8-9(6-7)15-11(12,13)14-8/h2-8H,1H3,(H,18,19)(H,15,16,17);2-3,6H,4-5H2,1H3. The van der Waals surface area contributed by atoms with Crippen molar-refractivity contribution in [3.05, 3.63) is 71.3 Å². The summed E-state index contributed by atoms with van der Waals surface area (Å²) in [6.07, 6.45) is -0.757. The number of ether oxygens (including phenoxy) is 2. The molecule has 0 spiro atoms. The third kappa shape index (κ3) is 4.98. The number of aromatic carboxylic acids is 1. The summed E-state index contributed by atoms with van der Waals surface area (Å²) in [4.78, 5) is 25.7. The van der Waals surface area contributed by atoms with Crippen molar-refractivity contribution >= 4 is 18.2 Å². The van der Waals surface area contributed by atoms with Crippen molar-refractivity contribution in [3.63, 3.8) is 0 Å². The minimum absolute atomic E-state index is 0.119.